The third-order valence-corrected chi connectivity index (χ3v) is 4.09. The van der Waals surface area contributed by atoms with Crippen molar-refractivity contribution in [1.29, 1.82) is 0 Å². The van der Waals surface area contributed by atoms with Crippen LogP contribution in [0.15, 0.2) is 0 Å². The molecule has 3 N–H and O–H groups in total. The molecule has 3 heteroatoms. The molecule has 4 aliphatic carbocycles. The van der Waals surface area contributed by atoms with E-state index >= 15 is 0 Å². The molecule has 11 heavy (non-hydrogen) atoms. The van der Waals surface area contributed by atoms with Gasteiger partial charge in [0.15, 0.2) is 0 Å². The Morgan fingerprint density at radius 1 is 1.64 bits per heavy atom. The number of hydrogen-bond acceptors (Lipinski definition) is 2. The largest absolute Gasteiger partial charge is 0.481 e. The zero-order chi connectivity index (χ0) is 7.80. The maximum absolute atomic E-state index is 10.9. The van der Waals surface area contributed by atoms with E-state index < -0.39 is 5.97 Å². The molecule has 0 spiro atoms. The molecule has 60 valence electrons. The van der Waals surface area contributed by atoms with Crippen LogP contribution in [-0.4, -0.2) is 17.1 Å². The van der Waals surface area contributed by atoms with Crippen LogP contribution < -0.4 is 5.73 Å². The molecule has 0 aromatic carbocycles. The highest BCUT2D eigenvalue weighted by atomic mass is 16.4. The zero-order valence-electron chi connectivity index (χ0n) is 6.16. The monoisotopic (exact) mass is 153 g/mol. The van der Waals surface area contributed by atoms with Crippen molar-refractivity contribution < 1.29 is 9.90 Å². The smallest absolute Gasteiger partial charge is 0.310 e. The summed E-state index contributed by atoms with van der Waals surface area (Å²) in [5.74, 6) is 0.717. The average molecular weight is 153 g/mol. The molecule has 5 atom stereocenters. The van der Waals surface area contributed by atoms with Crippen molar-refractivity contribution in [2.45, 2.75) is 18.9 Å². The number of carbonyl (C=O) groups is 1. The van der Waals surface area contributed by atoms with Gasteiger partial charge in [-0.2, -0.15) is 0 Å². The van der Waals surface area contributed by atoms with Crippen molar-refractivity contribution in [3.63, 3.8) is 0 Å². The van der Waals surface area contributed by atoms with E-state index in [0.717, 1.165) is 12.8 Å². The number of hydrogen-bond donors (Lipinski definition) is 2. The first-order valence-electron chi connectivity index (χ1n) is 4.17. The molecule has 4 rings (SSSR count). The Bertz CT molecular complexity index is 252. The summed E-state index contributed by atoms with van der Waals surface area (Å²) in [6.45, 7) is 0. The molecule has 0 radical (unpaired) electrons. The van der Waals surface area contributed by atoms with E-state index in [9.17, 15) is 4.79 Å². The average Bonchev–Trinajstić information content (AvgIpc) is 2.32. The predicted molar refractivity (Wildman–Crippen MR) is 37.7 cm³/mol. The molecule has 0 saturated heterocycles. The molecule has 0 aliphatic heterocycles. The fraction of sp³-hybridized carbons (Fsp3) is 0.875. The summed E-state index contributed by atoms with van der Waals surface area (Å²) < 4.78 is 0. The second kappa shape index (κ2) is 1.33. The second-order valence-electron chi connectivity index (χ2n) is 4.26. The molecular weight excluding hydrogens is 142 g/mol. The van der Waals surface area contributed by atoms with E-state index in [1.165, 1.54) is 0 Å². The summed E-state index contributed by atoms with van der Waals surface area (Å²) in [7, 11) is 0. The van der Waals surface area contributed by atoms with Crippen LogP contribution in [0.3, 0.4) is 0 Å². The minimum atomic E-state index is -0.594. The molecule has 4 fully saturated rings. The summed E-state index contributed by atoms with van der Waals surface area (Å²) in [6, 6.07) is 0.205. The van der Waals surface area contributed by atoms with Gasteiger partial charge in [-0.05, 0) is 30.6 Å². The Balaban J connectivity index is 2.04. The maximum atomic E-state index is 10.9. The first kappa shape index (κ1) is 6.00. The molecule has 0 heterocycles. The predicted octanol–water partition coefficient (Wildman–Crippen LogP) is 0.0543. The van der Waals surface area contributed by atoms with Gasteiger partial charge < -0.3 is 10.8 Å². The molecule has 4 saturated carbocycles. The number of carboxylic acid groups (broad SMARTS) is 1. The lowest BCUT2D eigenvalue weighted by molar-refractivity contribution is -0.143. The molecule has 4 aliphatic rings. The second-order valence-corrected chi connectivity index (χ2v) is 4.26. The number of aliphatic carboxylic acids is 1. The third-order valence-electron chi connectivity index (χ3n) is 4.09. The Labute approximate surface area is 64.6 Å². The fourth-order valence-electron chi connectivity index (χ4n) is 3.62. The Kier molecular flexibility index (Phi) is 0.727. The van der Waals surface area contributed by atoms with E-state index in [1.807, 2.05) is 0 Å². The van der Waals surface area contributed by atoms with E-state index in [2.05, 4.69) is 0 Å². The van der Waals surface area contributed by atoms with Gasteiger partial charge in [0.2, 0.25) is 0 Å². The van der Waals surface area contributed by atoms with Gasteiger partial charge in [0, 0.05) is 6.04 Å². The molecule has 5 unspecified atom stereocenters. The molecule has 0 amide bonds. The van der Waals surface area contributed by atoms with Crippen molar-refractivity contribution in [3.8, 4) is 0 Å². The minimum absolute atomic E-state index is 0.205. The molecule has 0 aromatic heterocycles. The minimum Gasteiger partial charge on any atom is -0.481 e. The summed E-state index contributed by atoms with van der Waals surface area (Å²) in [4.78, 5) is 10.9. The van der Waals surface area contributed by atoms with Crippen LogP contribution in [0.5, 0.6) is 0 Å². The first-order valence-corrected chi connectivity index (χ1v) is 4.17. The van der Waals surface area contributed by atoms with E-state index in [0.29, 0.717) is 17.8 Å². The van der Waals surface area contributed by atoms with Crippen LogP contribution in [0.2, 0.25) is 0 Å². The van der Waals surface area contributed by atoms with Crippen molar-refractivity contribution in [3.05, 3.63) is 0 Å². The zero-order valence-corrected chi connectivity index (χ0v) is 6.16. The van der Waals surface area contributed by atoms with Gasteiger partial charge in [-0.15, -0.1) is 0 Å². The van der Waals surface area contributed by atoms with Crippen LogP contribution in [0.25, 0.3) is 0 Å². The highest BCUT2D eigenvalue weighted by Gasteiger charge is 2.81. The quantitative estimate of drug-likeness (QED) is 0.559. The molecule has 3 nitrogen and oxygen atoms in total. The van der Waals surface area contributed by atoms with Crippen LogP contribution >= 0.6 is 0 Å². The Morgan fingerprint density at radius 3 is 2.55 bits per heavy atom. The van der Waals surface area contributed by atoms with Crippen molar-refractivity contribution in [2.75, 3.05) is 0 Å². The van der Waals surface area contributed by atoms with Gasteiger partial charge in [0.05, 0.1) is 5.41 Å². The normalized spacial score (nSPS) is 63.4. The summed E-state index contributed by atoms with van der Waals surface area (Å²) in [6.07, 6.45) is 1.94. The topological polar surface area (TPSA) is 63.3 Å². The van der Waals surface area contributed by atoms with Gasteiger partial charge in [-0.25, -0.2) is 0 Å². The van der Waals surface area contributed by atoms with Crippen LogP contribution in [0.4, 0.5) is 0 Å². The number of carboxylic acids is 1. The van der Waals surface area contributed by atoms with Gasteiger partial charge in [-0.1, -0.05) is 0 Å². The van der Waals surface area contributed by atoms with Crippen molar-refractivity contribution >= 4 is 5.97 Å². The SMILES string of the molecule is NC1C2CC3C1C3(C(=O)O)C2. The Morgan fingerprint density at radius 2 is 2.36 bits per heavy atom. The lowest BCUT2D eigenvalue weighted by atomic mass is 10.1. The van der Waals surface area contributed by atoms with Crippen LogP contribution in [0, 0.1) is 23.2 Å². The molecular formula is C8H11NO2. The fourth-order valence-corrected chi connectivity index (χ4v) is 3.62. The lowest BCUT2D eigenvalue weighted by Crippen LogP contribution is -2.24. The Hall–Kier alpha value is -0.570. The van der Waals surface area contributed by atoms with Crippen LogP contribution in [-0.2, 0) is 4.79 Å². The number of rotatable bonds is 1. The first-order chi connectivity index (χ1) is 5.18. The standard InChI is InChI=1S/C8H11NO2/c9-6-3-1-4-5(6)8(4,2-3)7(10)11/h3-6H,1-2,9H2,(H,10,11). The molecule has 0 aromatic rings. The van der Waals surface area contributed by atoms with Crippen molar-refractivity contribution in [1.82, 2.24) is 0 Å². The summed E-state index contributed by atoms with van der Waals surface area (Å²) in [5, 5.41) is 8.97. The van der Waals surface area contributed by atoms with Crippen molar-refractivity contribution in [2.24, 2.45) is 28.9 Å². The van der Waals surface area contributed by atoms with Gasteiger partial charge in [0.1, 0.15) is 0 Å². The van der Waals surface area contributed by atoms with Gasteiger partial charge in [0.25, 0.3) is 0 Å². The lowest BCUT2D eigenvalue weighted by Gasteiger charge is -2.04. The molecule has 4 bridgehead atoms. The highest BCUT2D eigenvalue weighted by molar-refractivity contribution is 5.81. The van der Waals surface area contributed by atoms with Gasteiger partial charge in [-0.3, -0.25) is 4.79 Å². The number of nitrogens with two attached hydrogens (primary N) is 1. The van der Waals surface area contributed by atoms with E-state index in [-0.39, 0.29) is 11.5 Å². The van der Waals surface area contributed by atoms with Crippen LogP contribution in [0.1, 0.15) is 12.8 Å². The summed E-state index contributed by atoms with van der Waals surface area (Å²) >= 11 is 0. The third kappa shape index (κ3) is 0.392. The van der Waals surface area contributed by atoms with Gasteiger partial charge >= 0.3 is 5.97 Å². The highest BCUT2D eigenvalue weighted by Crippen LogP contribution is 2.78. The van der Waals surface area contributed by atoms with E-state index in [4.69, 9.17) is 10.8 Å². The summed E-state index contributed by atoms with van der Waals surface area (Å²) in [5.41, 5.74) is 5.52. The maximum Gasteiger partial charge on any atom is 0.310 e. The van der Waals surface area contributed by atoms with E-state index in [1.54, 1.807) is 0 Å².